The summed E-state index contributed by atoms with van der Waals surface area (Å²) in [6.45, 7) is 0.749. The van der Waals surface area contributed by atoms with E-state index in [0.717, 1.165) is 23.5 Å². The quantitative estimate of drug-likeness (QED) is 0.811. The van der Waals surface area contributed by atoms with Crippen LogP contribution in [0.25, 0.3) is 0 Å². The number of aromatic amines is 1. The van der Waals surface area contributed by atoms with Gasteiger partial charge in [-0.1, -0.05) is 23.7 Å². The molecule has 0 radical (unpaired) electrons. The van der Waals surface area contributed by atoms with E-state index in [9.17, 15) is 4.79 Å². The van der Waals surface area contributed by atoms with Gasteiger partial charge in [0.05, 0.1) is 5.56 Å². The lowest BCUT2D eigenvalue weighted by Crippen LogP contribution is -2.19. The highest BCUT2D eigenvalue weighted by atomic mass is 35.5. The molecule has 0 aliphatic carbocycles. The highest BCUT2D eigenvalue weighted by Gasteiger charge is 2.29. The molecule has 0 spiro atoms. The predicted molar refractivity (Wildman–Crippen MR) is 67.8 cm³/mol. The van der Waals surface area contributed by atoms with Gasteiger partial charge in [-0.25, -0.2) is 0 Å². The smallest absolute Gasteiger partial charge is 0.272 e. The van der Waals surface area contributed by atoms with E-state index in [1.165, 1.54) is 4.68 Å². The molecule has 0 unspecified atom stereocenters. The van der Waals surface area contributed by atoms with Crippen LogP contribution in [0.5, 0.6) is 0 Å². The van der Waals surface area contributed by atoms with E-state index in [0.29, 0.717) is 5.02 Å². The van der Waals surface area contributed by atoms with Crippen LogP contribution in [0.4, 0.5) is 5.82 Å². The minimum Gasteiger partial charge on any atom is -0.369 e. The van der Waals surface area contributed by atoms with E-state index < -0.39 is 0 Å². The van der Waals surface area contributed by atoms with Crippen molar-refractivity contribution in [3.8, 4) is 0 Å². The monoisotopic (exact) mass is 249 g/mol. The summed E-state index contributed by atoms with van der Waals surface area (Å²) in [5, 5.41) is 6.93. The Kier molecular flexibility index (Phi) is 2.26. The zero-order valence-electron chi connectivity index (χ0n) is 9.33. The first kappa shape index (κ1) is 10.5. The number of benzene rings is 1. The molecule has 0 amide bonds. The van der Waals surface area contributed by atoms with Crippen molar-refractivity contribution in [1.29, 1.82) is 0 Å². The van der Waals surface area contributed by atoms with E-state index in [2.05, 4.69) is 10.4 Å². The molecular weight excluding hydrogens is 238 g/mol. The van der Waals surface area contributed by atoms with Crippen molar-refractivity contribution in [1.82, 2.24) is 9.78 Å². The lowest BCUT2D eigenvalue weighted by atomic mass is 9.95. The summed E-state index contributed by atoms with van der Waals surface area (Å²) in [6, 6.07) is 7.64. The van der Waals surface area contributed by atoms with Crippen LogP contribution in [0.2, 0.25) is 5.02 Å². The van der Waals surface area contributed by atoms with Gasteiger partial charge < -0.3 is 5.32 Å². The third-order valence-corrected chi connectivity index (χ3v) is 3.44. The third-order valence-electron chi connectivity index (χ3n) is 3.19. The maximum Gasteiger partial charge on any atom is 0.272 e. The molecule has 17 heavy (non-hydrogen) atoms. The number of H-pyrrole nitrogens is 1. The fourth-order valence-electron chi connectivity index (χ4n) is 2.31. The van der Waals surface area contributed by atoms with Crippen LogP contribution in [-0.2, 0) is 7.05 Å². The number of halogens is 1. The Morgan fingerprint density at radius 1 is 1.35 bits per heavy atom. The average Bonchev–Trinajstić information content (AvgIpc) is 2.83. The minimum absolute atomic E-state index is 0.0324. The molecule has 1 aliphatic heterocycles. The lowest BCUT2D eigenvalue weighted by Gasteiger charge is -2.08. The normalized spacial score (nSPS) is 17.9. The van der Waals surface area contributed by atoms with Gasteiger partial charge in [0.15, 0.2) is 0 Å². The molecule has 2 heterocycles. The number of anilines is 1. The van der Waals surface area contributed by atoms with Crippen LogP contribution in [0.3, 0.4) is 0 Å². The number of aryl methyl sites for hydroxylation is 1. The van der Waals surface area contributed by atoms with Crippen molar-refractivity contribution in [3.63, 3.8) is 0 Å². The Morgan fingerprint density at radius 2 is 2.06 bits per heavy atom. The molecule has 0 saturated heterocycles. The molecule has 1 atom stereocenters. The summed E-state index contributed by atoms with van der Waals surface area (Å²) < 4.78 is 1.50. The van der Waals surface area contributed by atoms with Gasteiger partial charge in [0.25, 0.3) is 5.56 Å². The van der Waals surface area contributed by atoms with E-state index in [1.54, 1.807) is 7.05 Å². The zero-order chi connectivity index (χ0) is 12.0. The van der Waals surface area contributed by atoms with E-state index >= 15 is 0 Å². The van der Waals surface area contributed by atoms with E-state index in [4.69, 9.17) is 11.6 Å². The Bertz CT molecular complexity index is 612. The minimum atomic E-state index is 0.0324. The van der Waals surface area contributed by atoms with Gasteiger partial charge in [0, 0.05) is 24.5 Å². The number of hydrogen-bond acceptors (Lipinski definition) is 2. The Labute approximate surface area is 103 Å². The second kappa shape index (κ2) is 3.67. The Hall–Kier alpha value is -1.68. The van der Waals surface area contributed by atoms with Crippen LogP contribution in [-0.4, -0.2) is 16.3 Å². The first-order valence-corrected chi connectivity index (χ1v) is 5.83. The maximum atomic E-state index is 12.0. The van der Waals surface area contributed by atoms with Crippen molar-refractivity contribution in [2.24, 2.45) is 7.05 Å². The Balaban J connectivity index is 2.09. The lowest BCUT2D eigenvalue weighted by molar-refractivity contribution is 0.725. The van der Waals surface area contributed by atoms with Crippen molar-refractivity contribution in [2.45, 2.75) is 5.92 Å². The molecule has 1 aliphatic rings. The molecule has 5 heteroatoms. The Morgan fingerprint density at radius 3 is 2.76 bits per heavy atom. The molecule has 88 valence electrons. The molecule has 3 rings (SSSR count). The average molecular weight is 250 g/mol. The van der Waals surface area contributed by atoms with Crippen molar-refractivity contribution in [3.05, 3.63) is 50.8 Å². The number of hydrogen-bond donors (Lipinski definition) is 2. The summed E-state index contributed by atoms with van der Waals surface area (Å²) in [7, 11) is 1.72. The highest BCUT2D eigenvalue weighted by Crippen LogP contribution is 2.32. The van der Waals surface area contributed by atoms with Crippen LogP contribution >= 0.6 is 11.6 Å². The largest absolute Gasteiger partial charge is 0.369 e. The molecule has 1 aromatic heterocycles. The zero-order valence-corrected chi connectivity index (χ0v) is 10.1. The summed E-state index contributed by atoms with van der Waals surface area (Å²) in [4.78, 5) is 12.0. The molecule has 0 bridgehead atoms. The molecule has 0 fully saturated rings. The molecule has 4 nitrogen and oxygen atoms in total. The van der Waals surface area contributed by atoms with Crippen LogP contribution < -0.4 is 10.9 Å². The van der Waals surface area contributed by atoms with Gasteiger partial charge in [-0.3, -0.25) is 14.6 Å². The van der Waals surface area contributed by atoms with Gasteiger partial charge in [-0.15, -0.1) is 0 Å². The van der Waals surface area contributed by atoms with Gasteiger partial charge >= 0.3 is 0 Å². The number of nitrogens with one attached hydrogen (secondary N) is 2. The molecule has 2 N–H and O–H groups in total. The van der Waals surface area contributed by atoms with Crippen LogP contribution in [0.1, 0.15) is 17.0 Å². The number of nitrogens with zero attached hydrogens (tertiary/aromatic N) is 1. The predicted octanol–water partition coefficient (Wildman–Crippen LogP) is 1.92. The topological polar surface area (TPSA) is 49.8 Å². The van der Waals surface area contributed by atoms with E-state index in [-0.39, 0.29) is 11.5 Å². The van der Waals surface area contributed by atoms with Crippen molar-refractivity contribution >= 4 is 17.4 Å². The van der Waals surface area contributed by atoms with Gasteiger partial charge in [-0.2, -0.15) is 0 Å². The molecule has 0 saturated carbocycles. The first-order chi connectivity index (χ1) is 8.16. The third kappa shape index (κ3) is 1.56. The van der Waals surface area contributed by atoms with Crippen LogP contribution in [0, 0.1) is 0 Å². The van der Waals surface area contributed by atoms with Crippen molar-refractivity contribution < 1.29 is 0 Å². The number of aromatic nitrogens is 2. The second-order valence-corrected chi connectivity index (χ2v) is 4.69. The molecule has 2 aromatic rings. The fraction of sp³-hybridized carbons (Fsp3) is 0.250. The maximum absolute atomic E-state index is 12.0. The second-order valence-electron chi connectivity index (χ2n) is 4.25. The number of rotatable bonds is 1. The van der Waals surface area contributed by atoms with Gasteiger partial charge in [-0.05, 0) is 17.7 Å². The van der Waals surface area contributed by atoms with E-state index in [1.807, 2.05) is 24.3 Å². The van der Waals surface area contributed by atoms with Gasteiger partial charge in [0.2, 0.25) is 0 Å². The van der Waals surface area contributed by atoms with Gasteiger partial charge in [0.1, 0.15) is 5.82 Å². The fourth-order valence-corrected chi connectivity index (χ4v) is 2.44. The highest BCUT2D eigenvalue weighted by molar-refractivity contribution is 6.30. The standard InChI is InChI=1S/C12H12ClN3O/c1-16-12(17)10-9(6-14-11(10)15-16)7-2-4-8(13)5-3-7/h2-5,9,14-15H,6H2,1H3/t9-/m0/s1. The summed E-state index contributed by atoms with van der Waals surface area (Å²) >= 11 is 5.87. The number of fused-ring (bicyclic) bond motifs is 1. The van der Waals surface area contributed by atoms with Crippen LogP contribution in [0.15, 0.2) is 29.1 Å². The summed E-state index contributed by atoms with van der Waals surface area (Å²) in [5.41, 5.74) is 1.96. The first-order valence-electron chi connectivity index (χ1n) is 5.45. The molecule has 1 aromatic carbocycles. The SMILES string of the molecule is Cn1[nH]c2c(c1=O)[C@H](c1ccc(Cl)cc1)CN2. The van der Waals surface area contributed by atoms with Crippen molar-refractivity contribution in [2.75, 3.05) is 11.9 Å². The summed E-state index contributed by atoms with van der Waals surface area (Å²) in [5.74, 6) is 0.935. The molecular formula is C12H12ClN3O. The summed E-state index contributed by atoms with van der Waals surface area (Å²) in [6.07, 6.45) is 0.